The van der Waals surface area contributed by atoms with Gasteiger partial charge in [0.2, 0.25) is 0 Å². The molecule has 0 aliphatic carbocycles. The summed E-state index contributed by atoms with van der Waals surface area (Å²) in [6.45, 7) is 2.54. The number of para-hydroxylation sites is 1. The van der Waals surface area contributed by atoms with Gasteiger partial charge in [-0.15, -0.1) is 0 Å². The number of nitro benzene ring substituents is 1. The Kier molecular flexibility index (Phi) is 5.77. The van der Waals surface area contributed by atoms with Crippen molar-refractivity contribution in [2.75, 3.05) is 4.90 Å². The summed E-state index contributed by atoms with van der Waals surface area (Å²) in [6.07, 6.45) is 3.90. The first-order chi connectivity index (χ1) is 16.4. The van der Waals surface area contributed by atoms with Gasteiger partial charge >= 0.3 is 0 Å². The molecule has 1 fully saturated rings. The van der Waals surface area contributed by atoms with Crippen molar-refractivity contribution in [2.45, 2.75) is 13.5 Å². The Hall–Kier alpha value is -3.75. The average molecular weight is 486 g/mol. The predicted octanol–water partition coefficient (Wildman–Crippen LogP) is 6.31. The van der Waals surface area contributed by atoms with Crippen molar-refractivity contribution in [1.29, 1.82) is 0 Å². The van der Waals surface area contributed by atoms with Gasteiger partial charge in [-0.2, -0.15) is 0 Å². The van der Waals surface area contributed by atoms with Crippen molar-refractivity contribution in [1.82, 2.24) is 4.57 Å². The molecule has 0 spiro atoms. The Labute approximate surface area is 205 Å². The lowest BCUT2D eigenvalue weighted by molar-refractivity contribution is -0.384. The van der Waals surface area contributed by atoms with Crippen LogP contribution in [0.3, 0.4) is 0 Å². The van der Waals surface area contributed by atoms with Gasteiger partial charge < -0.3 is 4.57 Å². The fraction of sp³-hybridized carbons (Fsp3) is 0.0769. The quantitative estimate of drug-likeness (QED) is 0.143. The van der Waals surface area contributed by atoms with E-state index >= 15 is 0 Å². The van der Waals surface area contributed by atoms with Crippen LogP contribution in [0.4, 0.5) is 11.4 Å². The smallest absolute Gasteiger partial charge is 0.270 e. The van der Waals surface area contributed by atoms with E-state index < -0.39 is 4.92 Å². The molecule has 1 saturated heterocycles. The minimum atomic E-state index is -0.403. The molecule has 1 aliphatic heterocycles. The van der Waals surface area contributed by atoms with E-state index in [9.17, 15) is 14.9 Å². The van der Waals surface area contributed by atoms with Crippen LogP contribution in [0.25, 0.3) is 17.0 Å². The Morgan fingerprint density at radius 1 is 1.06 bits per heavy atom. The summed E-state index contributed by atoms with van der Waals surface area (Å²) < 4.78 is 2.60. The molecule has 168 valence electrons. The van der Waals surface area contributed by atoms with Gasteiger partial charge in [-0.05, 0) is 42.3 Å². The third-order valence-corrected chi connectivity index (χ3v) is 6.96. The van der Waals surface area contributed by atoms with Crippen LogP contribution in [-0.4, -0.2) is 19.7 Å². The Morgan fingerprint density at radius 3 is 2.56 bits per heavy atom. The van der Waals surface area contributed by atoms with Gasteiger partial charge in [-0.3, -0.25) is 19.8 Å². The van der Waals surface area contributed by atoms with E-state index in [-0.39, 0.29) is 11.6 Å². The van der Waals surface area contributed by atoms with E-state index in [0.29, 0.717) is 15.8 Å². The van der Waals surface area contributed by atoms with Crippen molar-refractivity contribution in [3.8, 4) is 0 Å². The van der Waals surface area contributed by atoms with Gasteiger partial charge in [0, 0.05) is 41.3 Å². The van der Waals surface area contributed by atoms with Crippen LogP contribution in [0.5, 0.6) is 0 Å². The zero-order valence-corrected chi connectivity index (χ0v) is 19.8. The summed E-state index contributed by atoms with van der Waals surface area (Å²) in [5, 5.41) is 12.0. The van der Waals surface area contributed by atoms with Gasteiger partial charge in [-0.25, -0.2) is 0 Å². The topological polar surface area (TPSA) is 68.4 Å². The van der Waals surface area contributed by atoms with E-state index in [4.69, 9.17) is 12.2 Å². The molecule has 0 unspecified atom stereocenters. The minimum absolute atomic E-state index is 0.0671. The maximum atomic E-state index is 13.2. The van der Waals surface area contributed by atoms with Gasteiger partial charge in [0.25, 0.3) is 11.6 Å². The van der Waals surface area contributed by atoms with E-state index in [1.807, 2.05) is 67.7 Å². The molecule has 2 heterocycles. The molecule has 3 aromatic carbocycles. The highest BCUT2D eigenvalue weighted by Crippen LogP contribution is 2.37. The number of benzene rings is 3. The lowest BCUT2D eigenvalue weighted by Crippen LogP contribution is -2.27. The van der Waals surface area contributed by atoms with Crippen molar-refractivity contribution >= 4 is 62.6 Å². The van der Waals surface area contributed by atoms with E-state index in [2.05, 4.69) is 4.57 Å². The number of aryl methyl sites for hydroxylation is 1. The molecule has 34 heavy (non-hydrogen) atoms. The van der Waals surface area contributed by atoms with Crippen LogP contribution >= 0.6 is 24.0 Å². The highest BCUT2D eigenvalue weighted by molar-refractivity contribution is 8.27. The number of carbonyl (C=O) groups is 1. The standard InChI is InChI=1S/C26H19N3O3S2/c1-17-5-4-6-21(13-17)28-25(30)24(34-26(28)33)14-19-16-27(23-8-3-2-7-22(19)23)15-18-9-11-20(12-10-18)29(31)32/h2-14,16H,15H2,1H3/b24-14+. The van der Waals surface area contributed by atoms with E-state index in [0.717, 1.165) is 33.3 Å². The third kappa shape index (κ3) is 4.13. The zero-order valence-electron chi connectivity index (χ0n) is 18.2. The third-order valence-electron chi connectivity index (χ3n) is 5.66. The highest BCUT2D eigenvalue weighted by atomic mass is 32.2. The first kappa shape index (κ1) is 22.1. The molecule has 5 rings (SSSR count). The number of non-ortho nitro benzene ring substituents is 1. The summed E-state index contributed by atoms with van der Waals surface area (Å²) in [6, 6.07) is 22.3. The van der Waals surface area contributed by atoms with Gasteiger partial charge in [0.15, 0.2) is 4.32 Å². The molecule has 1 aliphatic rings. The second kappa shape index (κ2) is 8.89. The fourth-order valence-corrected chi connectivity index (χ4v) is 5.33. The van der Waals surface area contributed by atoms with Crippen LogP contribution in [0.2, 0.25) is 0 Å². The molecule has 0 saturated carbocycles. The Morgan fingerprint density at radius 2 is 1.82 bits per heavy atom. The molecule has 0 atom stereocenters. The molecule has 6 nitrogen and oxygen atoms in total. The van der Waals surface area contributed by atoms with E-state index in [1.54, 1.807) is 17.0 Å². The molecule has 4 aromatic rings. The van der Waals surface area contributed by atoms with Crippen LogP contribution in [0.1, 0.15) is 16.7 Å². The maximum Gasteiger partial charge on any atom is 0.270 e. The molecule has 8 heteroatoms. The molecule has 1 amide bonds. The van der Waals surface area contributed by atoms with Crippen LogP contribution < -0.4 is 4.90 Å². The second-order valence-electron chi connectivity index (χ2n) is 8.01. The number of thiocarbonyl (C=S) groups is 1. The van der Waals surface area contributed by atoms with Crippen molar-refractivity contribution in [3.63, 3.8) is 0 Å². The number of anilines is 1. The molecule has 0 bridgehead atoms. The summed E-state index contributed by atoms with van der Waals surface area (Å²) >= 11 is 6.83. The number of amides is 1. The number of fused-ring (bicyclic) bond motifs is 1. The van der Waals surface area contributed by atoms with Gasteiger partial charge in [-0.1, -0.05) is 66.4 Å². The van der Waals surface area contributed by atoms with Crippen LogP contribution in [0, 0.1) is 17.0 Å². The largest absolute Gasteiger partial charge is 0.342 e. The van der Waals surface area contributed by atoms with Crippen molar-refractivity contribution < 1.29 is 9.72 Å². The molecular weight excluding hydrogens is 466 g/mol. The number of nitrogens with zero attached hydrogens (tertiary/aromatic N) is 3. The van der Waals surface area contributed by atoms with Crippen LogP contribution in [0.15, 0.2) is 83.9 Å². The molecule has 1 aromatic heterocycles. The number of aromatic nitrogens is 1. The highest BCUT2D eigenvalue weighted by Gasteiger charge is 2.33. The first-order valence-electron chi connectivity index (χ1n) is 10.6. The predicted molar refractivity (Wildman–Crippen MR) is 141 cm³/mol. The minimum Gasteiger partial charge on any atom is -0.342 e. The average Bonchev–Trinajstić information content (AvgIpc) is 3.30. The van der Waals surface area contributed by atoms with Crippen LogP contribution in [-0.2, 0) is 11.3 Å². The maximum absolute atomic E-state index is 13.2. The van der Waals surface area contributed by atoms with Gasteiger partial charge in [0.05, 0.1) is 15.5 Å². The zero-order chi connectivity index (χ0) is 23.8. The SMILES string of the molecule is Cc1cccc(N2C(=O)/C(=C\c3cn(Cc4ccc([N+](=O)[O-])cc4)c4ccccc34)SC2=S)c1. The molecule has 0 N–H and O–H groups in total. The Balaban J connectivity index is 1.49. The number of thioether (sulfide) groups is 1. The number of hydrogen-bond acceptors (Lipinski definition) is 5. The summed E-state index contributed by atoms with van der Waals surface area (Å²) in [5.41, 5.74) is 4.78. The van der Waals surface area contributed by atoms with Crippen molar-refractivity contribution in [2.24, 2.45) is 0 Å². The lowest BCUT2D eigenvalue weighted by Gasteiger charge is -2.14. The fourth-order valence-electron chi connectivity index (χ4n) is 4.04. The van der Waals surface area contributed by atoms with Crippen molar-refractivity contribution in [3.05, 3.63) is 111 Å². The second-order valence-corrected chi connectivity index (χ2v) is 9.68. The lowest BCUT2D eigenvalue weighted by atomic mass is 10.1. The van der Waals surface area contributed by atoms with E-state index in [1.165, 1.54) is 23.9 Å². The summed E-state index contributed by atoms with van der Waals surface area (Å²) in [7, 11) is 0. The number of nitro groups is 1. The molecular formula is C26H19N3O3S2. The molecule has 0 radical (unpaired) electrons. The van der Waals surface area contributed by atoms with Gasteiger partial charge in [0.1, 0.15) is 0 Å². The Bertz CT molecular complexity index is 1490. The monoisotopic (exact) mass is 485 g/mol. The number of rotatable bonds is 5. The number of carbonyl (C=O) groups excluding carboxylic acids is 1. The first-order valence-corrected chi connectivity index (χ1v) is 11.8. The summed E-state index contributed by atoms with van der Waals surface area (Å²) in [4.78, 5) is 25.9. The number of hydrogen-bond donors (Lipinski definition) is 0. The summed E-state index contributed by atoms with van der Waals surface area (Å²) in [5.74, 6) is -0.132. The normalized spacial score (nSPS) is 15.0.